The van der Waals surface area contributed by atoms with Gasteiger partial charge in [0.2, 0.25) is 0 Å². The predicted octanol–water partition coefficient (Wildman–Crippen LogP) is 2.39. The quantitative estimate of drug-likeness (QED) is 0.739. The summed E-state index contributed by atoms with van der Waals surface area (Å²) in [6.07, 6.45) is -1.20. The molecule has 140 valence electrons. The van der Waals surface area contributed by atoms with Crippen LogP contribution in [0.25, 0.3) is 0 Å². The number of nitrogens with zero attached hydrogens (tertiary/aromatic N) is 1. The largest absolute Gasteiger partial charge is 0.451 e. The fourth-order valence-electron chi connectivity index (χ4n) is 2.02. The van der Waals surface area contributed by atoms with Crippen molar-refractivity contribution < 1.29 is 27.8 Å². The average molecular weight is 386 g/mol. The zero-order valence-corrected chi connectivity index (χ0v) is 14.7. The first-order valence-electron chi connectivity index (χ1n) is 7.47. The maximum absolute atomic E-state index is 12.4. The van der Waals surface area contributed by atoms with Gasteiger partial charge in [0.1, 0.15) is 12.3 Å². The monoisotopic (exact) mass is 386 g/mol. The van der Waals surface area contributed by atoms with Gasteiger partial charge in [-0.15, -0.1) is 0 Å². The number of aryl methyl sites for hydroxylation is 1. The SMILES string of the molecule is Cc1csc(=O)n1CC(=O)O[C@@H](C)C(=O)Nc1ccccc1OC(F)F. The van der Waals surface area contributed by atoms with Crippen LogP contribution in [0.1, 0.15) is 12.6 Å². The van der Waals surface area contributed by atoms with Gasteiger partial charge >= 0.3 is 17.5 Å². The van der Waals surface area contributed by atoms with Gasteiger partial charge in [-0.3, -0.25) is 19.0 Å². The Balaban J connectivity index is 1.98. The first-order valence-corrected chi connectivity index (χ1v) is 8.35. The normalized spacial score (nSPS) is 11.9. The van der Waals surface area contributed by atoms with E-state index in [1.54, 1.807) is 12.3 Å². The average Bonchev–Trinajstić information content (AvgIpc) is 2.88. The Hall–Kier alpha value is -2.75. The van der Waals surface area contributed by atoms with E-state index in [2.05, 4.69) is 10.1 Å². The van der Waals surface area contributed by atoms with E-state index in [-0.39, 0.29) is 22.9 Å². The number of carbonyl (C=O) groups is 2. The summed E-state index contributed by atoms with van der Waals surface area (Å²) in [5.74, 6) is -1.71. The molecule has 7 nitrogen and oxygen atoms in total. The van der Waals surface area contributed by atoms with Crippen molar-refractivity contribution in [2.45, 2.75) is 33.1 Å². The smallest absolute Gasteiger partial charge is 0.387 e. The van der Waals surface area contributed by atoms with E-state index >= 15 is 0 Å². The van der Waals surface area contributed by atoms with E-state index in [0.717, 1.165) is 11.3 Å². The molecule has 0 aliphatic heterocycles. The summed E-state index contributed by atoms with van der Waals surface area (Å²) in [6, 6.07) is 5.64. The highest BCUT2D eigenvalue weighted by atomic mass is 32.1. The van der Waals surface area contributed by atoms with Crippen LogP contribution in [0.15, 0.2) is 34.4 Å². The van der Waals surface area contributed by atoms with E-state index in [4.69, 9.17) is 4.74 Å². The molecule has 26 heavy (non-hydrogen) atoms. The number of thiazole rings is 1. The summed E-state index contributed by atoms with van der Waals surface area (Å²) >= 11 is 0.952. The van der Waals surface area contributed by atoms with E-state index in [1.165, 1.54) is 35.8 Å². The Bertz CT molecular complexity index is 849. The molecule has 0 spiro atoms. The fraction of sp³-hybridized carbons (Fsp3) is 0.312. The molecule has 0 saturated carbocycles. The third-order valence-electron chi connectivity index (χ3n) is 3.30. The van der Waals surface area contributed by atoms with Crippen molar-refractivity contribution in [1.29, 1.82) is 0 Å². The van der Waals surface area contributed by atoms with Gasteiger partial charge in [0, 0.05) is 11.1 Å². The Morgan fingerprint density at radius 3 is 2.62 bits per heavy atom. The summed E-state index contributed by atoms with van der Waals surface area (Å²) in [5.41, 5.74) is 0.623. The van der Waals surface area contributed by atoms with Crippen LogP contribution in [0.3, 0.4) is 0 Å². The minimum absolute atomic E-state index is 0.0191. The lowest BCUT2D eigenvalue weighted by atomic mass is 10.2. The van der Waals surface area contributed by atoms with E-state index in [1.807, 2.05) is 0 Å². The molecule has 2 rings (SSSR count). The van der Waals surface area contributed by atoms with Crippen LogP contribution in [0.4, 0.5) is 14.5 Å². The molecule has 1 heterocycles. The second kappa shape index (κ2) is 8.56. The van der Waals surface area contributed by atoms with E-state index in [0.29, 0.717) is 5.69 Å². The highest BCUT2D eigenvalue weighted by Crippen LogP contribution is 2.25. The molecule has 10 heteroatoms. The van der Waals surface area contributed by atoms with Gasteiger partial charge in [-0.25, -0.2) is 0 Å². The molecule has 0 bridgehead atoms. The summed E-state index contributed by atoms with van der Waals surface area (Å²) in [7, 11) is 0. The molecule has 1 N–H and O–H groups in total. The highest BCUT2D eigenvalue weighted by molar-refractivity contribution is 7.07. The lowest BCUT2D eigenvalue weighted by Crippen LogP contribution is -2.32. The lowest BCUT2D eigenvalue weighted by molar-refractivity contribution is -0.153. The van der Waals surface area contributed by atoms with Crippen LogP contribution in [0.2, 0.25) is 0 Å². The summed E-state index contributed by atoms with van der Waals surface area (Å²) in [4.78, 5) is 35.3. The standard InChI is InChI=1S/C16H16F2N2O5S/c1-9-8-26-16(23)20(9)7-13(21)24-10(2)14(22)19-11-5-3-4-6-12(11)25-15(17)18/h3-6,8,10,15H,7H2,1-2H3,(H,19,22)/t10-/m0/s1. The van der Waals surface area contributed by atoms with Crippen LogP contribution >= 0.6 is 11.3 Å². The van der Waals surface area contributed by atoms with E-state index in [9.17, 15) is 23.2 Å². The first kappa shape index (κ1) is 19.6. The van der Waals surface area contributed by atoms with E-state index < -0.39 is 24.6 Å². The number of halogens is 2. The number of alkyl halides is 2. The Morgan fingerprint density at radius 1 is 1.31 bits per heavy atom. The summed E-state index contributed by atoms with van der Waals surface area (Å²) in [5, 5.41) is 3.96. The zero-order chi connectivity index (χ0) is 19.3. The number of nitrogens with one attached hydrogen (secondary N) is 1. The van der Waals surface area contributed by atoms with Gasteiger partial charge in [0.15, 0.2) is 6.10 Å². The molecule has 1 aromatic carbocycles. The molecule has 2 aromatic rings. The van der Waals surface area contributed by atoms with Crippen molar-refractivity contribution in [2.24, 2.45) is 0 Å². The molecule has 0 saturated heterocycles. The van der Waals surface area contributed by atoms with Crippen LogP contribution in [0, 0.1) is 6.92 Å². The number of ether oxygens (including phenoxy) is 2. The Kier molecular flexibility index (Phi) is 6.45. The number of benzene rings is 1. The number of carbonyl (C=O) groups excluding carboxylic acids is 2. The molecule has 0 fully saturated rings. The number of anilines is 1. The van der Waals surface area contributed by atoms with Crippen LogP contribution in [-0.2, 0) is 20.9 Å². The number of amides is 1. The molecule has 1 amide bonds. The summed E-state index contributed by atoms with van der Waals surface area (Å²) in [6.45, 7) is -0.374. The molecule has 0 radical (unpaired) electrons. The van der Waals surface area contributed by atoms with Gasteiger partial charge in [0.05, 0.1) is 5.69 Å². The number of esters is 1. The van der Waals surface area contributed by atoms with Gasteiger partial charge in [0.25, 0.3) is 5.91 Å². The Labute approximate surface area is 151 Å². The fourth-order valence-corrected chi connectivity index (χ4v) is 2.75. The molecule has 1 aromatic heterocycles. The number of aromatic nitrogens is 1. The minimum Gasteiger partial charge on any atom is -0.451 e. The zero-order valence-electron chi connectivity index (χ0n) is 13.9. The van der Waals surface area contributed by atoms with Crippen molar-refractivity contribution in [3.8, 4) is 5.75 Å². The topological polar surface area (TPSA) is 86.6 Å². The van der Waals surface area contributed by atoms with Gasteiger partial charge in [-0.05, 0) is 26.0 Å². The minimum atomic E-state index is -3.05. The number of hydrogen-bond acceptors (Lipinski definition) is 6. The van der Waals surface area contributed by atoms with Gasteiger partial charge in [-0.1, -0.05) is 23.5 Å². The first-order chi connectivity index (χ1) is 12.3. The van der Waals surface area contributed by atoms with Gasteiger partial charge in [-0.2, -0.15) is 8.78 Å². The number of para-hydroxylation sites is 2. The molecule has 0 unspecified atom stereocenters. The highest BCUT2D eigenvalue weighted by Gasteiger charge is 2.21. The van der Waals surface area contributed by atoms with Crippen molar-refractivity contribution >= 4 is 28.9 Å². The second-order valence-electron chi connectivity index (χ2n) is 5.23. The molecular formula is C16H16F2N2O5S. The molecule has 1 atom stereocenters. The van der Waals surface area contributed by atoms with Crippen LogP contribution in [0.5, 0.6) is 5.75 Å². The van der Waals surface area contributed by atoms with Crippen molar-refractivity contribution in [3.63, 3.8) is 0 Å². The third kappa shape index (κ3) is 5.12. The summed E-state index contributed by atoms with van der Waals surface area (Å²) < 4.78 is 35.3. The molecule has 0 aliphatic carbocycles. The lowest BCUT2D eigenvalue weighted by Gasteiger charge is -2.16. The van der Waals surface area contributed by atoms with Crippen molar-refractivity contribution in [3.05, 3.63) is 45.0 Å². The third-order valence-corrected chi connectivity index (χ3v) is 4.18. The van der Waals surface area contributed by atoms with Crippen molar-refractivity contribution in [2.75, 3.05) is 5.32 Å². The second-order valence-corrected chi connectivity index (χ2v) is 6.05. The number of hydrogen-bond donors (Lipinski definition) is 1. The van der Waals surface area contributed by atoms with Crippen molar-refractivity contribution in [1.82, 2.24) is 4.57 Å². The Morgan fingerprint density at radius 2 is 2.00 bits per heavy atom. The molecular weight excluding hydrogens is 370 g/mol. The maximum atomic E-state index is 12.4. The van der Waals surface area contributed by atoms with Crippen LogP contribution < -0.4 is 14.9 Å². The maximum Gasteiger partial charge on any atom is 0.387 e. The van der Waals surface area contributed by atoms with Gasteiger partial charge < -0.3 is 14.8 Å². The van der Waals surface area contributed by atoms with Crippen LogP contribution in [-0.4, -0.2) is 29.2 Å². The molecule has 0 aliphatic rings. The predicted molar refractivity (Wildman–Crippen MR) is 90.6 cm³/mol. The number of rotatable bonds is 7.